The van der Waals surface area contributed by atoms with Gasteiger partial charge in [-0.05, 0) is 12.1 Å². The number of nitrogens with two attached hydrogens (primary N) is 1. The van der Waals surface area contributed by atoms with Crippen molar-refractivity contribution in [2.75, 3.05) is 5.73 Å². The van der Waals surface area contributed by atoms with E-state index < -0.39 is 0 Å². The molecule has 4 heteroatoms. The second-order valence-corrected chi connectivity index (χ2v) is 1.98. The monoisotopic (exact) mass is 134 g/mol. The molecule has 0 aromatic carbocycles. The second kappa shape index (κ2) is 1.70. The summed E-state index contributed by atoms with van der Waals surface area (Å²) in [6.07, 6.45) is 3.26. The smallest absolute Gasteiger partial charge is 0.155 e. The largest absolute Gasteiger partial charge is 0.382 e. The number of anilines is 1. The summed E-state index contributed by atoms with van der Waals surface area (Å²) in [5, 5.41) is 3.97. The number of nitrogens with zero attached hydrogens (tertiary/aromatic N) is 3. The standard InChI is InChI=1S/C6H6N4/c7-5-4-8-6-2-1-3-9-10(5)6/h1-4H,7H2. The first-order valence-electron chi connectivity index (χ1n) is 2.92. The molecule has 0 aliphatic carbocycles. The Bertz CT molecular complexity index is 351. The molecule has 0 radical (unpaired) electrons. The molecule has 0 amide bonds. The fraction of sp³-hybridized carbons (Fsp3) is 0. The topological polar surface area (TPSA) is 56.2 Å². The maximum Gasteiger partial charge on any atom is 0.155 e. The van der Waals surface area contributed by atoms with E-state index in [0.29, 0.717) is 5.82 Å². The van der Waals surface area contributed by atoms with Crippen molar-refractivity contribution in [2.45, 2.75) is 0 Å². The van der Waals surface area contributed by atoms with Gasteiger partial charge in [-0.3, -0.25) is 0 Å². The molecule has 0 bridgehead atoms. The summed E-state index contributed by atoms with van der Waals surface area (Å²) >= 11 is 0. The van der Waals surface area contributed by atoms with Crippen molar-refractivity contribution in [3.05, 3.63) is 24.5 Å². The number of fused-ring (bicyclic) bond motifs is 1. The van der Waals surface area contributed by atoms with Gasteiger partial charge in [-0.2, -0.15) is 9.61 Å². The molecule has 0 spiro atoms. The zero-order valence-corrected chi connectivity index (χ0v) is 5.23. The van der Waals surface area contributed by atoms with Gasteiger partial charge in [-0.1, -0.05) is 0 Å². The first-order valence-corrected chi connectivity index (χ1v) is 2.92. The van der Waals surface area contributed by atoms with E-state index in [9.17, 15) is 0 Å². The summed E-state index contributed by atoms with van der Waals surface area (Å²) in [6.45, 7) is 0. The van der Waals surface area contributed by atoms with Gasteiger partial charge in [-0.15, -0.1) is 0 Å². The Balaban J connectivity index is 2.93. The maximum absolute atomic E-state index is 5.51. The molecule has 2 N–H and O–H groups in total. The van der Waals surface area contributed by atoms with Gasteiger partial charge >= 0.3 is 0 Å². The molecule has 50 valence electrons. The van der Waals surface area contributed by atoms with E-state index in [1.165, 1.54) is 0 Å². The number of hydrogen-bond acceptors (Lipinski definition) is 3. The van der Waals surface area contributed by atoms with E-state index in [-0.39, 0.29) is 0 Å². The maximum atomic E-state index is 5.51. The molecule has 4 nitrogen and oxygen atoms in total. The second-order valence-electron chi connectivity index (χ2n) is 1.98. The summed E-state index contributed by atoms with van der Waals surface area (Å²) in [5.74, 6) is 0.565. The quantitative estimate of drug-likeness (QED) is 0.564. The van der Waals surface area contributed by atoms with Crippen LogP contribution in [0.15, 0.2) is 24.5 Å². The normalized spacial score (nSPS) is 10.4. The van der Waals surface area contributed by atoms with Gasteiger partial charge in [-0.25, -0.2) is 4.98 Å². The predicted molar refractivity (Wildman–Crippen MR) is 37.4 cm³/mol. The predicted octanol–water partition coefficient (Wildman–Crippen LogP) is 0.311. The first kappa shape index (κ1) is 5.22. The van der Waals surface area contributed by atoms with Crippen molar-refractivity contribution in [2.24, 2.45) is 0 Å². The Hall–Kier alpha value is -1.58. The molecule has 2 aromatic rings. The molecular formula is C6H6N4. The van der Waals surface area contributed by atoms with Gasteiger partial charge in [0.15, 0.2) is 5.65 Å². The van der Waals surface area contributed by atoms with Crippen LogP contribution in [0.4, 0.5) is 5.82 Å². The molecule has 2 heterocycles. The average molecular weight is 134 g/mol. The lowest BCUT2D eigenvalue weighted by atomic mass is 10.6. The molecule has 0 aliphatic heterocycles. The SMILES string of the molecule is Nc1cnc2cccnn12. The van der Waals surface area contributed by atoms with E-state index >= 15 is 0 Å². The van der Waals surface area contributed by atoms with E-state index in [2.05, 4.69) is 10.1 Å². The number of hydrogen-bond donors (Lipinski definition) is 1. The molecule has 0 aliphatic rings. The number of rotatable bonds is 0. The molecule has 0 atom stereocenters. The number of imidazole rings is 1. The van der Waals surface area contributed by atoms with Gasteiger partial charge in [0.2, 0.25) is 0 Å². The van der Waals surface area contributed by atoms with Gasteiger partial charge in [0.1, 0.15) is 5.82 Å². The van der Waals surface area contributed by atoms with Gasteiger partial charge in [0, 0.05) is 6.20 Å². The highest BCUT2D eigenvalue weighted by Crippen LogP contribution is 2.03. The third-order valence-corrected chi connectivity index (χ3v) is 1.30. The van der Waals surface area contributed by atoms with Crippen LogP contribution in [0.5, 0.6) is 0 Å². The molecule has 0 unspecified atom stereocenters. The van der Waals surface area contributed by atoms with Crippen LogP contribution in [0.3, 0.4) is 0 Å². The molecule has 0 saturated carbocycles. The summed E-state index contributed by atoms with van der Waals surface area (Å²) < 4.78 is 1.58. The van der Waals surface area contributed by atoms with Crippen molar-refractivity contribution in [3.8, 4) is 0 Å². The Morgan fingerprint density at radius 2 is 2.40 bits per heavy atom. The van der Waals surface area contributed by atoms with Gasteiger partial charge in [0.05, 0.1) is 6.20 Å². The molecule has 10 heavy (non-hydrogen) atoms. The third kappa shape index (κ3) is 0.556. The summed E-state index contributed by atoms with van der Waals surface area (Å²) in [5.41, 5.74) is 6.29. The van der Waals surface area contributed by atoms with Crippen LogP contribution in [-0.4, -0.2) is 14.6 Å². The van der Waals surface area contributed by atoms with Crippen molar-refractivity contribution >= 4 is 11.5 Å². The van der Waals surface area contributed by atoms with Crippen molar-refractivity contribution in [1.82, 2.24) is 14.6 Å². The number of nitrogen functional groups attached to an aromatic ring is 1. The highest BCUT2D eigenvalue weighted by molar-refractivity contribution is 5.44. The minimum atomic E-state index is 0.565. The first-order chi connectivity index (χ1) is 4.88. The highest BCUT2D eigenvalue weighted by atomic mass is 15.3. The summed E-state index contributed by atoms with van der Waals surface area (Å²) in [6, 6.07) is 3.67. The zero-order chi connectivity index (χ0) is 6.97. The Kier molecular flexibility index (Phi) is 0.887. The molecule has 2 rings (SSSR count). The van der Waals surface area contributed by atoms with Crippen LogP contribution in [0.25, 0.3) is 5.65 Å². The lowest BCUT2D eigenvalue weighted by Gasteiger charge is -1.90. The van der Waals surface area contributed by atoms with E-state index in [4.69, 9.17) is 5.73 Å². The molecule has 0 fully saturated rings. The van der Waals surface area contributed by atoms with Crippen molar-refractivity contribution < 1.29 is 0 Å². The van der Waals surface area contributed by atoms with Crippen LogP contribution < -0.4 is 5.73 Å². The minimum absolute atomic E-state index is 0.565. The Morgan fingerprint density at radius 3 is 3.20 bits per heavy atom. The van der Waals surface area contributed by atoms with E-state index in [1.807, 2.05) is 12.1 Å². The van der Waals surface area contributed by atoms with E-state index in [1.54, 1.807) is 16.9 Å². The molecule has 0 saturated heterocycles. The van der Waals surface area contributed by atoms with Crippen LogP contribution in [0.2, 0.25) is 0 Å². The molecular weight excluding hydrogens is 128 g/mol. The van der Waals surface area contributed by atoms with Gasteiger partial charge < -0.3 is 5.73 Å². The van der Waals surface area contributed by atoms with Crippen molar-refractivity contribution in [1.29, 1.82) is 0 Å². The minimum Gasteiger partial charge on any atom is -0.382 e. The third-order valence-electron chi connectivity index (χ3n) is 1.30. The fourth-order valence-electron chi connectivity index (χ4n) is 0.848. The molecule has 2 aromatic heterocycles. The van der Waals surface area contributed by atoms with Crippen molar-refractivity contribution in [3.63, 3.8) is 0 Å². The summed E-state index contributed by atoms with van der Waals surface area (Å²) in [4.78, 5) is 3.99. The van der Waals surface area contributed by atoms with Gasteiger partial charge in [0.25, 0.3) is 0 Å². The lowest BCUT2D eigenvalue weighted by molar-refractivity contribution is 0.946. The average Bonchev–Trinajstić information content (AvgIpc) is 2.34. The van der Waals surface area contributed by atoms with Crippen LogP contribution in [-0.2, 0) is 0 Å². The van der Waals surface area contributed by atoms with Crippen LogP contribution >= 0.6 is 0 Å². The lowest BCUT2D eigenvalue weighted by Crippen LogP contribution is -1.94. The van der Waals surface area contributed by atoms with Crippen LogP contribution in [0, 0.1) is 0 Å². The number of aromatic nitrogens is 3. The highest BCUT2D eigenvalue weighted by Gasteiger charge is 1.95. The van der Waals surface area contributed by atoms with Crippen LogP contribution in [0.1, 0.15) is 0 Å². The fourth-order valence-corrected chi connectivity index (χ4v) is 0.848. The van der Waals surface area contributed by atoms with E-state index in [0.717, 1.165) is 5.65 Å². The Morgan fingerprint density at radius 1 is 1.50 bits per heavy atom. The zero-order valence-electron chi connectivity index (χ0n) is 5.23. The summed E-state index contributed by atoms with van der Waals surface area (Å²) in [7, 11) is 0. The Labute approximate surface area is 57.3 Å².